The summed E-state index contributed by atoms with van der Waals surface area (Å²) in [6.45, 7) is 4.43. The maximum atomic E-state index is 13.1. The third-order valence-corrected chi connectivity index (χ3v) is 5.00. The highest BCUT2D eigenvalue weighted by atomic mass is 16.2. The molecule has 2 amide bonds. The number of hydrogen-bond acceptors (Lipinski definition) is 3. The zero-order valence-electron chi connectivity index (χ0n) is 13.9. The first kappa shape index (κ1) is 16.0. The van der Waals surface area contributed by atoms with E-state index in [4.69, 9.17) is 0 Å². The smallest absolute Gasteiger partial charge is 0.228 e. The molecule has 2 heterocycles. The molecule has 124 valence electrons. The van der Waals surface area contributed by atoms with Gasteiger partial charge in [-0.15, -0.1) is 0 Å². The van der Waals surface area contributed by atoms with Crippen molar-refractivity contribution in [3.05, 3.63) is 35.9 Å². The van der Waals surface area contributed by atoms with E-state index in [0.29, 0.717) is 18.9 Å². The molecule has 2 aliphatic rings. The Hall–Kier alpha value is -1.88. The molecule has 0 aromatic heterocycles. The number of nitrogens with one attached hydrogen (secondary N) is 1. The van der Waals surface area contributed by atoms with Crippen LogP contribution in [0, 0.1) is 5.92 Å². The molecule has 0 radical (unpaired) electrons. The zero-order chi connectivity index (χ0) is 16.4. The van der Waals surface area contributed by atoms with Crippen LogP contribution < -0.4 is 5.32 Å². The van der Waals surface area contributed by atoms with E-state index >= 15 is 0 Å². The minimum Gasteiger partial charge on any atom is -0.340 e. The van der Waals surface area contributed by atoms with Crippen molar-refractivity contribution in [3.63, 3.8) is 0 Å². The topological polar surface area (TPSA) is 52.7 Å². The van der Waals surface area contributed by atoms with Crippen LogP contribution in [0.3, 0.4) is 0 Å². The van der Waals surface area contributed by atoms with Gasteiger partial charge >= 0.3 is 0 Å². The zero-order valence-corrected chi connectivity index (χ0v) is 13.9. The van der Waals surface area contributed by atoms with Gasteiger partial charge in [-0.05, 0) is 18.9 Å². The van der Waals surface area contributed by atoms with E-state index < -0.39 is 0 Å². The Bertz CT molecular complexity index is 575. The number of hydrogen-bond donors (Lipinski definition) is 1. The molecule has 3 atom stereocenters. The molecule has 3 rings (SSSR count). The number of carbonyl (C=O) groups excluding carboxylic acids is 2. The Balaban J connectivity index is 1.86. The lowest BCUT2D eigenvalue weighted by Crippen LogP contribution is -2.55. The lowest BCUT2D eigenvalue weighted by molar-refractivity contribution is -0.147. The van der Waals surface area contributed by atoms with Crippen molar-refractivity contribution in [2.24, 2.45) is 5.92 Å². The van der Waals surface area contributed by atoms with Crippen molar-refractivity contribution < 1.29 is 9.59 Å². The quantitative estimate of drug-likeness (QED) is 0.898. The second-order valence-electron chi connectivity index (χ2n) is 6.64. The average molecular weight is 315 g/mol. The van der Waals surface area contributed by atoms with E-state index in [1.54, 1.807) is 4.90 Å². The van der Waals surface area contributed by atoms with Gasteiger partial charge in [-0.25, -0.2) is 0 Å². The van der Waals surface area contributed by atoms with Crippen LogP contribution in [0.4, 0.5) is 0 Å². The molecule has 0 aliphatic carbocycles. The third kappa shape index (κ3) is 3.24. The summed E-state index contributed by atoms with van der Waals surface area (Å²) < 4.78 is 0. The molecule has 0 bridgehead atoms. The number of piperazine rings is 1. The van der Waals surface area contributed by atoms with Gasteiger partial charge in [-0.1, -0.05) is 30.3 Å². The molecule has 2 aliphatic heterocycles. The van der Waals surface area contributed by atoms with E-state index in [0.717, 1.165) is 25.2 Å². The molecule has 1 N–H and O–H groups in total. The molecule has 5 nitrogen and oxygen atoms in total. The van der Waals surface area contributed by atoms with Gasteiger partial charge in [0.2, 0.25) is 11.8 Å². The van der Waals surface area contributed by atoms with Crippen LogP contribution in [0.1, 0.15) is 31.4 Å². The number of nitrogens with zero attached hydrogens (tertiary/aromatic N) is 2. The fourth-order valence-corrected chi connectivity index (χ4v) is 3.77. The summed E-state index contributed by atoms with van der Waals surface area (Å²) in [5.41, 5.74) is 1.05. The van der Waals surface area contributed by atoms with Gasteiger partial charge < -0.3 is 15.1 Å². The lowest BCUT2D eigenvalue weighted by Gasteiger charge is -2.42. The summed E-state index contributed by atoms with van der Waals surface area (Å²) in [5, 5.41) is 3.37. The second-order valence-corrected chi connectivity index (χ2v) is 6.64. The van der Waals surface area contributed by atoms with Crippen LogP contribution in [-0.4, -0.2) is 54.3 Å². The normalized spacial score (nSPS) is 28.8. The molecule has 1 aromatic carbocycles. The molecule has 1 aromatic rings. The summed E-state index contributed by atoms with van der Waals surface area (Å²) in [7, 11) is 1.82. The Morgan fingerprint density at radius 3 is 2.70 bits per heavy atom. The van der Waals surface area contributed by atoms with E-state index in [1.807, 2.05) is 42.3 Å². The Labute approximate surface area is 137 Å². The van der Waals surface area contributed by atoms with E-state index in [9.17, 15) is 9.59 Å². The molecule has 23 heavy (non-hydrogen) atoms. The number of rotatable bonds is 2. The largest absolute Gasteiger partial charge is 0.340 e. The van der Waals surface area contributed by atoms with Crippen molar-refractivity contribution in [2.45, 2.75) is 31.8 Å². The fourth-order valence-electron chi connectivity index (χ4n) is 3.77. The van der Waals surface area contributed by atoms with Gasteiger partial charge in [-0.3, -0.25) is 9.59 Å². The number of likely N-dealkylation sites (tertiary alicyclic amines) is 1. The SMILES string of the molecule is CC1CN(C(=O)C2CCC(=O)N(C)C2c2ccccc2)CCN1. The van der Waals surface area contributed by atoms with Gasteiger partial charge in [-0.2, -0.15) is 0 Å². The molecule has 0 saturated carbocycles. The van der Waals surface area contributed by atoms with Crippen LogP contribution in [0.15, 0.2) is 30.3 Å². The first-order chi connectivity index (χ1) is 11.1. The van der Waals surface area contributed by atoms with Crippen LogP contribution in [0.2, 0.25) is 0 Å². The van der Waals surface area contributed by atoms with Crippen molar-refractivity contribution in [1.29, 1.82) is 0 Å². The predicted molar refractivity (Wildman–Crippen MR) is 88.7 cm³/mol. The summed E-state index contributed by atoms with van der Waals surface area (Å²) in [5.74, 6) is 0.161. The first-order valence-corrected chi connectivity index (χ1v) is 8.40. The van der Waals surface area contributed by atoms with E-state index in [2.05, 4.69) is 12.2 Å². The summed E-state index contributed by atoms with van der Waals surface area (Å²) in [6, 6.07) is 10.1. The number of piperidine rings is 1. The highest BCUT2D eigenvalue weighted by Crippen LogP contribution is 2.36. The molecule has 5 heteroatoms. The van der Waals surface area contributed by atoms with E-state index in [1.165, 1.54) is 0 Å². The summed E-state index contributed by atoms with van der Waals surface area (Å²) >= 11 is 0. The first-order valence-electron chi connectivity index (χ1n) is 8.40. The minimum atomic E-state index is -0.157. The molecular formula is C18H25N3O2. The van der Waals surface area contributed by atoms with Crippen molar-refractivity contribution in [3.8, 4) is 0 Å². The maximum absolute atomic E-state index is 13.1. The Morgan fingerprint density at radius 2 is 2.00 bits per heavy atom. The molecule has 2 saturated heterocycles. The molecule has 3 unspecified atom stereocenters. The van der Waals surface area contributed by atoms with Crippen molar-refractivity contribution in [2.75, 3.05) is 26.7 Å². The number of benzene rings is 1. The van der Waals surface area contributed by atoms with Crippen molar-refractivity contribution >= 4 is 11.8 Å². The number of carbonyl (C=O) groups is 2. The van der Waals surface area contributed by atoms with Gasteiger partial charge in [0.25, 0.3) is 0 Å². The maximum Gasteiger partial charge on any atom is 0.228 e. The second kappa shape index (κ2) is 6.71. The average Bonchev–Trinajstić information content (AvgIpc) is 2.57. The monoisotopic (exact) mass is 315 g/mol. The summed E-state index contributed by atoms with van der Waals surface area (Å²) in [6.07, 6.45) is 1.10. The van der Waals surface area contributed by atoms with Crippen molar-refractivity contribution in [1.82, 2.24) is 15.1 Å². The van der Waals surface area contributed by atoms with Gasteiger partial charge in [0.05, 0.1) is 12.0 Å². The van der Waals surface area contributed by atoms with Crippen LogP contribution in [-0.2, 0) is 9.59 Å². The molecule has 0 spiro atoms. The van der Waals surface area contributed by atoms with E-state index in [-0.39, 0.29) is 23.8 Å². The third-order valence-electron chi connectivity index (χ3n) is 5.00. The number of amides is 2. The standard InChI is InChI=1S/C18H25N3O2/c1-13-12-21(11-10-19-13)18(23)15-8-9-16(22)20(2)17(15)14-6-4-3-5-7-14/h3-7,13,15,17,19H,8-12H2,1-2H3. The predicted octanol–water partition coefficient (Wildman–Crippen LogP) is 1.42. The highest BCUT2D eigenvalue weighted by molar-refractivity contribution is 5.85. The fraction of sp³-hybridized carbons (Fsp3) is 0.556. The summed E-state index contributed by atoms with van der Waals surface area (Å²) in [4.78, 5) is 29.0. The van der Waals surface area contributed by atoms with Gasteiger partial charge in [0.1, 0.15) is 0 Å². The molecule has 2 fully saturated rings. The van der Waals surface area contributed by atoms with Crippen LogP contribution in [0.25, 0.3) is 0 Å². The van der Waals surface area contributed by atoms with Crippen LogP contribution >= 0.6 is 0 Å². The lowest BCUT2D eigenvalue weighted by atomic mass is 9.83. The Kier molecular flexibility index (Phi) is 4.66. The van der Waals surface area contributed by atoms with Crippen LogP contribution in [0.5, 0.6) is 0 Å². The highest BCUT2D eigenvalue weighted by Gasteiger charge is 2.40. The van der Waals surface area contributed by atoms with Gasteiger partial charge in [0.15, 0.2) is 0 Å². The molecular weight excluding hydrogens is 290 g/mol. The minimum absolute atomic E-state index is 0.122. The van der Waals surface area contributed by atoms with Gasteiger partial charge in [0, 0.05) is 39.1 Å². The Morgan fingerprint density at radius 1 is 1.26 bits per heavy atom.